The Labute approximate surface area is 149 Å². The normalized spacial score (nSPS) is 17.2. The van der Waals surface area contributed by atoms with Gasteiger partial charge in [0.1, 0.15) is 0 Å². The van der Waals surface area contributed by atoms with Gasteiger partial charge in [-0.2, -0.15) is 0 Å². The van der Waals surface area contributed by atoms with Crippen LogP contribution >= 0.6 is 0 Å². The van der Waals surface area contributed by atoms with Crippen molar-refractivity contribution in [3.63, 3.8) is 0 Å². The monoisotopic (exact) mass is 338 g/mol. The molecule has 0 aromatic heterocycles. The largest absolute Gasteiger partial charge is 0.388 e. The van der Waals surface area contributed by atoms with Crippen LogP contribution in [0.4, 0.5) is 0 Å². The van der Waals surface area contributed by atoms with Gasteiger partial charge in [-0.05, 0) is 55.1 Å². The summed E-state index contributed by atoms with van der Waals surface area (Å²) in [5.41, 5.74) is 2.93. The van der Waals surface area contributed by atoms with Crippen molar-refractivity contribution in [2.45, 2.75) is 25.5 Å². The molecule has 1 unspecified atom stereocenters. The third-order valence-electron chi connectivity index (χ3n) is 5.07. The highest BCUT2D eigenvalue weighted by atomic mass is 16.3. The first-order chi connectivity index (χ1) is 12.2. The minimum Gasteiger partial charge on any atom is -0.388 e. The van der Waals surface area contributed by atoms with Gasteiger partial charge in [0.15, 0.2) is 0 Å². The van der Waals surface area contributed by atoms with E-state index < -0.39 is 0 Å². The van der Waals surface area contributed by atoms with Crippen molar-refractivity contribution < 1.29 is 9.90 Å². The van der Waals surface area contributed by atoms with Crippen molar-refractivity contribution in [2.24, 2.45) is 5.92 Å². The summed E-state index contributed by atoms with van der Waals surface area (Å²) in [5.74, 6) is 0.275. The lowest BCUT2D eigenvalue weighted by Gasteiger charge is -2.34. The van der Waals surface area contributed by atoms with E-state index in [4.69, 9.17) is 0 Å². The fraction of sp³-hybridized carbons (Fsp3) is 0.381. The highest BCUT2D eigenvalue weighted by Gasteiger charge is 2.26. The van der Waals surface area contributed by atoms with Gasteiger partial charge in [-0.1, -0.05) is 42.5 Å². The Balaban J connectivity index is 1.52. The molecule has 1 fully saturated rings. The third-order valence-corrected chi connectivity index (χ3v) is 5.07. The third kappa shape index (κ3) is 4.47. The second kappa shape index (κ2) is 8.28. The minimum atomic E-state index is -0.366. The molecule has 132 valence electrons. The van der Waals surface area contributed by atoms with Crippen LogP contribution in [0.2, 0.25) is 0 Å². The summed E-state index contributed by atoms with van der Waals surface area (Å²) in [6.07, 6.45) is 1.65. The summed E-state index contributed by atoms with van der Waals surface area (Å²) >= 11 is 0. The van der Waals surface area contributed by atoms with Gasteiger partial charge >= 0.3 is 0 Å². The van der Waals surface area contributed by atoms with E-state index in [0.717, 1.165) is 38.0 Å². The number of likely N-dealkylation sites (tertiary alicyclic amines) is 1. The van der Waals surface area contributed by atoms with Gasteiger partial charge in [0, 0.05) is 19.2 Å². The zero-order valence-corrected chi connectivity index (χ0v) is 14.7. The highest BCUT2D eigenvalue weighted by Crippen LogP contribution is 2.31. The molecule has 25 heavy (non-hydrogen) atoms. The molecule has 0 aliphatic carbocycles. The maximum absolute atomic E-state index is 11.6. The average molecular weight is 338 g/mol. The number of hydrogen-bond acceptors (Lipinski definition) is 3. The molecular formula is C21H26N2O2. The zero-order valence-electron chi connectivity index (χ0n) is 14.7. The van der Waals surface area contributed by atoms with Gasteiger partial charge in [-0.3, -0.25) is 9.69 Å². The lowest BCUT2D eigenvalue weighted by atomic mass is 9.87. The Hall–Kier alpha value is -2.17. The Bertz CT molecular complexity index is 677. The van der Waals surface area contributed by atoms with Crippen molar-refractivity contribution in [1.82, 2.24) is 10.2 Å². The molecule has 2 aromatic carbocycles. The SMILES string of the molecule is CNC(=O)c1ccc(CN2CCC(C(O)c3ccccc3)CC2)cc1. The van der Waals surface area contributed by atoms with Crippen LogP contribution in [-0.2, 0) is 6.54 Å². The van der Waals surface area contributed by atoms with Crippen molar-refractivity contribution in [3.05, 3.63) is 71.3 Å². The van der Waals surface area contributed by atoms with Crippen molar-refractivity contribution >= 4 is 5.91 Å². The maximum Gasteiger partial charge on any atom is 0.251 e. The van der Waals surface area contributed by atoms with Gasteiger partial charge < -0.3 is 10.4 Å². The molecule has 1 aliphatic rings. The van der Waals surface area contributed by atoms with Crippen molar-refractivity contribution in [3.8, 4) is 0 Å². The Morgan fingerprint density at radius 2 is 1.76 bits per heavy atom. The molecular weight excluding hydrogens is 312 g/mol. The quantitative estimate of drug-likeness (QED) is 0.881. The van der Waals surface area contributed by atoms with Crippen LogP contribution in [0.3, 0.4) is 0 Å². The van der Waals surface area contributed by atoms with E-state index in [1.165, 1.54) is 5.56 Å². The predicted molar refractivity (Wildman–Crippen MR) is 99.2 cm³/mol. The number of carbonyl (C=O) groups is 1. The van der Waals surface area contributed by atoms with Crippen molar-refractivity contribution in [1.29, 1.82) is 0 Å². The molecule has 2 N–H and O–H groups in total. The molecule has 0 radical (unpaired) electrons. The van der Waals surface area contributed by atoms with Gasteiger partial charge in [-0.25, -0.2) is 0 Å². The lowest BCUT2D eigenvalue weighted by molar-refractivity contribution is 0.0568. The van der Waals surface area contributed by atoms with E-state index in [-0.39, 0.29) is 12.0 Å². The van der Waals surface area contributed by atoms with Crippen LogP contribution < -0.4 is 5.32 Å². The lowest BCUT2D eigenvalue weighted by Crippen LogP contribution is -2.35. The first kappa shape index (κ1) is 17.6. The number of rotatable bonds is 5. The fourth-order valence-electron chi connectivity index (χ4n) is 3.51. The van der Waals surface area contributed by atoms with Crippen LogP contribution in [0.15, 0.2) is 54.6 Å². The average Bonchev–Trinajstić information content (AvgIpc) is 2.68. The molecule has 1 heterocycles. The van der Waals surface area contributed by atoms with E-state index in [9.17, 15) is 9.90 Å². The van der Waals surface area contributed by atoms with Crippen LogP contribution in [0.25, 0.3) is 0 Å². The molecule has 1 amide bonds. The number of amides is 1. The predicted octanol–water partition coefficient (Wildman–Crippen LogP) is 2.99. The molecule has 1 saturated heterocycles. The van der Waals surface area contributed by atoms with Gasteiger partial charge in [0.2, 0.25) is 0 Å². The smallest absolute Gasteiger partial charge is 0.251 e. The highest BCUT2D eigenvalue weighted by molar-refractivity contribution is 5.93. The van der Waals surface area contributed by atoms with Crippen LogP contribution in [0, 0.1) is 5.92 Å². The number of carbonyl (C=O) groups excluding carboxylic acids is 1. The molecule has 3 rings (SSSR count). The fourth-order valence-corrected chi connectivity index (χ4v) is 3.51. The zero-order chi connectivity index (χ0) is 17.6. The Morgan fingerprint density at radius 3 is 2.36 bits per heavy atom. The topological polar surface area (TPSA) is 52.6 Å². The number of hydrogen-bond donors (Lipinski definition) is 2. The number of nitrogens with one attached hydrogen (secondary N) is 1. The van der Waals surface area contributed by atoms with Gasteiger partial charge in [0.25, 0.3) is 5.91 Å². The number of nitrogens with zero attached hydrogens (tertiary/aromatic N) is 1. The first-order valence-electron chi connectivity index (χ1n) is 8.94. The standard InChI is InChI=1S/C21H26N2O2/c1-22-21(25)19-9-7-16(8-10-19)15-23-13-11-18(12-14-23)20(24)17-5-3-2-4-6-17/h2-10,18,20,24H,11-15H2,1H3,(H,22,25). The summed E-state index contributed by atoms with van der Waals surface area (Å²) in [5, 5.41) is 13.2. The van der Waals surface area contributed by atoms with Gasteiger partial charge in [-0.15, -0.1) is 0 Å². The molecule has 1 aliphatic heterocycles. The minimum absolute atomic E-state index is 0.0535. The number of aliphatic hydroxyl groups excluding tert-OH is 1. The molecule has 0 saturated carbocycles. The van der Waals surface area contributed by atoms with Crippen LogP contribution in [0.1, 0.15) is 40.4 Å². The van der Waals surface area contributed by atoms with E-state index in [1.54, 1.807) is 7.05 Å². The summed E-state index contributed by atoms with van der Waals surface area (Å²) in [6.45, 7) is 2.87. The van der Waals surface area contributed by atoms with Gasteiger partial charge in [0.05, 0.1) is 6.10 Å². The number of benzene rings is 2. The second-order valence-corrected chi connectivity index (χ2v) is 6.75. The number of piperidine rings is 1. The summed E-state index contributed by atoms with van der Waals surface area (Å²) in [6, 6.07) is 17.8. The molecule has 2 aromatic rings. The van der Waals surface area contributed by atoms with E-state index in [1.807, 2.05) is 54.6 Å². The van der Waals surface area contributed by atoms with E-state index >= 15 is 0 Å². The summed E-state index contributed by atoms with van der Waals surface area (Å²) in [7, 11) is 1.64. The molecule has 0 bridgehead atoms. The molecule has 4 heteroatoms. The Kier molecular flexibility index (Phi) is 5.84. The van der Waals surface area contributed by atoms with E-state index in [0.29, 0.717) is 11.5 Å². The Morgan fingerprint density at radius 1 is 1.12 bits per heavy atom. The molecule has 0 spiro atoms. The molecule has 4 nitrogen and oxygen atoms in total. The van der Waals surface area contributed by atoms with Crippen molar-refractivity contribution in [2.75, 3.05) is 20.1 Å². The second-order valence-electron chi connectivity index (χ2n) is 6.75. The van der Waals surface area contributed by atoms with Crippen LogP contribution in [-0.4, -0.2) is 36.1 Å². The maximum atomic E-state index is 11.6. The van der Waals surface area contributed by atoms with Crippen LogP contribution in [0.5, 0.6) is 0 Å². The first-order valence-corrected chi connectivity index (χ1v) is 8.94. The number of aliphatic hydroxyl groups is 1. The summed E-state index contributed by atoms with van der Waals surface area (Å²) in [4.78, 5) is 14.0. The van der Waals surface area contributed by atoms with E-state index in [2.05, 4.69) is 10.2 Å². The molecule has 1 atom stereocenters. The summed E-state index contributed by atoms with van der Waals surface area (Å²) < 4.78 is 0.